The fraction of sp³-hybridized carbons (Fsp3) is 0.667. The Labute approximate surface area is 538 Å². The van der Waals surface area contributed by atoms with Crippen LogP contribution in [0, 0.1) is 0 Å². The molecule has 0 spiro atoms. The predicted octanol–water partition coefficient (Wildman–Crippen LogP) is 14.1. The predicted molar refractivity (Wildman–Crippen MR) is 364 cm³/mol. The fourth-order valence-corrected chi connectivity index (χ4v) is 10.3. The molecule has 0 bridgehead atoms. The molecule has 89 heavy (non-hydrogen) atoms. The largest absolute Gasteiger partial charge is 0.394 e. The van der Waals surface area contributed by atoms with Crippen molar-refractivity contribution in [2.75, 3.05) is 19.8 Å². The van der Waals surface area contributed by atoms with Crippen molar-refractivity contribution in [3.8, 4) is 0 Å². The third-order valence-electron chi connectivity index (χ3n) is 15.7. The Morgan fingerprint density at radius 1 is 0.416 bits per heavy atom. The molecule has 14 nitrogen and oxygen atoms in total. The number of carbonyl (C=O) groups is 1. The standard InChI is InChI=1S/C75H123NO13/c1-3-5-7-9-11-13-15-17-19-21-22-23-24-25-26-27-28-29-30-31-32-33-34-35-36-37-38-39-40-41-42-43-45-47-49-51-53-55-57-59-67(80)76-63(64(79)58-56-54-52-50-48-46-44-20-18-16-14-12-10-8-6-4-2)62-86-74-72(85)70(83)73(66(61-78)88-74)89-75-71(84)69(82)68(81)65(60-77)87-75/h5,7,11,13,17-20,22-23,25-26,28-29,31-32,34-35,37-38,48,50,56,58,63-66,68-75,77-79,81-85H,3-4,6,8-10,12,14-16,21,24,27,30,33,36,39-47,49,51-55,57,59-62H2,1-2H3,(H,76,80)/b7-5-,13-11-,19-17-,20-18+,23-22-,26-25-,29-28-,32-31-,35-34-,38-37-,50-48+,58-56+. The Kier molecular flexibility index (Phi) is 52.5. The van der Waals surface area contributed by atoms with Gasteiger partial charge in [0.05, 0.1) is 32.0 Å². The minimum absolute atomic E-state index is 0.257. The zero-order valence-electron chi connectivity index (χ0n) is 54.9. The first-order valence-corrected chi connectivity index (χ1v) is 34.6. The highest BCUT2D eigenvalue weighted by Crippen LogP contribution is 2.30. The number of unbranched alkanes of at least 4 members (excludes halogenated alkanes) is 19. The molecule has 0 radical (unpaired) electrons. The molecule has 0 saturated carbocycles. The zero-order chi connectivity index (χ0) is 64.5. The summed E-state index contributed by atoms with van der Waals surface area (Å²) in [4.78, 5) is 13.3. The lowest BCUT2D eigenvalue weighted by Gasteiger charge is -2.46. The number of nitrogens with one attached hydrogen (secondary N) is 1. The van der Waals surface area contributed by atoms with Crippen molar-refractivity contribution in [1.29, 1.82) is 0 Å². The summed E-state index contributed by atoms with van der Waals surface area (Å²) in [5, 5.41) is 87.2. The number of ether oxygens (including phenoxy) is 4. The van der Waals surface area contributed by atoms with Crippen molar-refractivity contribution >= 4 is 5.91 Å². The third kappa shape index (κ3) is 41.9. The number of aliphatic hydroxyl groups excluding tert-OH is 8. The normalized spacial score (nSPS) is 24.0. The molecule has 2 aliphatic rings. The lowest BCUT2D eigenvalue weighted by molar-refractivity contribution is -0.359. The molecule has 0 aromatic rings. The Morgan fingerprint density at radius 3 is 1.24 bits per heavy atom. The van der Waals surface area contributed by atoms with Crippen molar-refractivity contribution in [2.24, 2.45) is 0 Å². The van der Waals surface area contributed by atoms with E-state index < -0.39 is 86.8 Å². The number of amides is 1. The van der Waals surface area contributed by atoms with Crippen LogP contribution in [0.1, 0.15) is 226 Å². The van der Waals surface area contributed by atoms with Gasteiger partial charge < -0.3 is 65.1 Å². The highest BCUT2D eigenvalue weighted by molar-refractivity contribution is 5.76. The molecule has 12 atom stereocenters. The molecule has 1 amide bonds. The molecule has 2 rings (SSSR count). The molecule has 2 heterocycles. The molecule has 9 N–H and O–H groups in total. The summed E-state index contributed by atoms with van der Waals surface area (Å²) in [5.74, 6) is -0.263. The van der Waals surface area contributed by atoms with Crippen LogP contribution in [-0.2, 0) is 23.7 Å². The van der Waals surface area contributed by atoms with Gasteiger partial charge in [-0.1, -0.05) is 250 Å². The van der Waals surface area contributed by atoms with Gasteiger partial charge in [-0.05, 0) is 116 Å². The second kappa shape index (κ2) is 57.7. The molecule has 0 aromatic carbocycles. The minimum atomic E-state index is -1.80. The highest BCUT2D eigenvalue weighted by Gasteiger charge is 2.51. The van der Waals surface area contributed by atoms with E-state index in [1.807, 2.05) is 6.08 Å². The summed E-state index contributed by atoms with van der Waals surface area (Å²) in [6.45, 7) is 2.63. The summed E-state index contributed by atoms with van der Waals surface area (Å²) >= 11 is 0. The molecule has 12 unspecified atom stereocenters. The smallest absolute Gasteiger partial charge is 0.220 e. The van der Waals surface area contributed by atoms with Crippen LogP contribution in [0.2, 0.25) is 0 Å². The lowest BCUT2D eigenvalue weighted by Crippen LogP contribution is -2.65. The van der Waals surface area contributed by atoms with Crippen molar-refractivity contribution in [3.63, 3.8) is 0 Å². The number of carbonyl (C=O) groups excluding carboxylic acids is 1. The molecule has 0 aromatic heterocycles. The van der Waals surface area contributed by atoms with Gasteiger partial charge in [0.1, 0.15) is 48.8 Å². The molecule has 2 saturated heterocycles. The van der Waals surface area contributed by atoms with Gasteiger partial charge >= 0.3 is 0 Å². The van der Waals surface area contributed by atoms with Crippen LogP contribution < -0.4 is 5.32 Å². The van der Waals surface area contributed by atoms with E-state index in [9.17, 15) is 45.6 Å². The van der Waals surface area contributed by atoms with E-state index in [1.54, 1.807) is 6.08 Å². The van der Waals surface area contributed by atoms with E-state index >= 15 is 0 Å². The summed E-state index contributed by atoms with van der Waals surface area (Å²) in [5.41, 5.74) is 0. The van der Waals surface area contributed by atoms with Gasteiger partial charge in [0.2, 0.25) is 5.91 Å². The molecule has 2 fully saturated rings. The second-order valence-corrected chi connectivity index (χ2v) is 23.5. The third-order valence-corrected chi connectivity index (χ3v) is 15.7. The summed E-state index contributed by atoms with van der Waals surface area (Å²) < 4.78 is 22.8. The second-order valence-electron chi connectivity index (χ2n) is 23.5. The van der Waals surface area contributed by atoms with E-state index in [1.165, 1.54) is 83.5 Å². The van der Waals surface area contributed by atoms with Crippen molar-refractivity contribution in [2.45, 2.75) is 299 Å². The maximum absolute atomic E-state index is 13.3. The van der Waals surface area contributed by atoms with Crippen LogP contribution in [0.3, 0.4) is 0 Å². The summed E-state index contributed by atoms with van der Waals surface area (Å²) in [7, 11) is 0. The van der Waals surface area contributed by atoms with Crippen LogP contribution in [0.25, 0.3) is 0 Å². The molecular weight excluding hydrogens is 1120 g/mol. The number of allylic oxidation sites excluding steroid dienone is 23. The minimum Gasteiger partial charge on any atom is -0.394 e. The van der Waals surface area contributed by atoms with Crippen molar-refractivity contribution in [1.82, 2.24) is 5.32 Å². The topological polar surface area (TPSA) is 228 Å². The quantitative estimate of drug-likeness (QED) is 0.0204. The first-order chi connectivity index (χ1) is 43.6. The van der Waals surface area contributed by atoms with Gasteiger partial charge in [0.15, 0.2) is 12.6 Å². The number of rotatable bonds is 54. The number of hydrogen-bond donors (Lipinski definition) is 9. The van der Waals surface area contributed by atoms with E-state index in [2.05, 4.69) is 153 Å². The average molecular weight is 1250 g/mol. The monoisotopic (exact) mass is 1250 g/mol. The van der Waals surface area contributed by atoms with Crippen LogP contribution in [0.5, 0.6) is 0 Å². The Balaban J connectivity index is 1.64. The molecule has 2 aliphatic heterocycles. The maximum Gasteiger partial charge on any atom is 0.220 e. The summed E-state index contributed by atoms with van der Waals surface area (Å²) in [6.07, 6.45) is 70.4. The van der Waals surface area contributed by atoms with Gasteiger partial charge in [-0.2, -0.15) is 0 Å². The first kappa shape index (κ1) is 81.0. The Hall–Kier alpha value is -4.13. The molecule has 14 heteroatoms. The Bertz CT molecular complexity index is 2050. The molecule has 506 valence electrons. The zero-order valence-corrected chi connectivity index (χ0v) is 54.9. The fourth-order valence-electron chi connectivity index (χ4n) is 10.3. The first-order valence-electron chi connectivity index (χ1n) is 34.6. The number of hydrogen-bond acceptors (Lipinski definition) is 13. The maximum atomic E-state index is 13.3. The van der Waals surface area contributed by atoms with E-state index in [0.717, 1.165) is 109 Å². The van der Waals surface area contributed by atoms with Gasteiger partial charge in [-0.15, -0.1) is 0 Å². The van der Waals surface area contributed by atoms with Crippen molar-refractivity contribution < 1.29 is 64.6 Å². The van der Waals surface area contributed by atoms with Crippen LogP contribution >= 0.6 is 0 Å². The van der Waals surface area contributed by atoms with Crippen LogP contribution in [0.15, 0.2) is 146 Å². The van der Waals surface area contributed by atoms with Gasteiger partial charge in [0, 0.05) is 6.42 Å². The van der Waals surface area contributed by atoms with E-state index in [-0.39, 0.29) is 18.9 Å². The molecule has 0 aliphatic carbocycles. The van der Waals surface area contributed by atoms with Crippen LogP contribution in [-0.4, -0.2) is 140 Å². The Morgan fingerprint density at radius 2 is 0.787 bits per heavy atom. The molecular formula is C75H123NO13. The van der Waals surface area contributed by atoms with E-state index in [0.29, 0.717) is 12.8 Å². The van der Waals surface area contributed by atoms with Crippen LogP contribution in [0.4, 0.5) is 0 Å². The van der Waals surface area contributed by atoms with Crippen molar-refractivity contribution in [3.05, 3.63) is 146 Å². The van der Waals surface area contributed by atoms with E-state index in [4.69, 9.17) is 18.9 Å². The average Bonchev–Trinajstić information content (AvgIpc) is 2.55. The van der Waals surface area contributed by atoms with Gasteiger partial charge in [-0.25, -0.2) is 0 Å². The lowest BCUT2D eigenvalue weighted by atomic mass is 9.97. The number of aliphatic hydroxyl groups is 8. The summed E-state index contributed by atoms with van der Waals surface area (Å²) in [6, 6.07) is -0.949. The highest BCUT2D eigenvalue weighted by atomic mass is 16.7. The van der Waals surface area contributed by atoms with Gasteiger partial charge in [-0.3, -0.25) is 4.79 Å². The van der Waals surface area contributed by atoms with Gasteiger partial charge in [0.25, 0.3) is 0 Å². The SMILES string of the molecule is CC/C=C\C/C=C\C/C=C\C/C=C\C/C=C\C/C=C\C/C=C\C/C=C\C/C=C\CCCCCCCCCCCCCC(=O)NC(COC1OC(CO)C(OC2OC(CO)C(O)C(O)C2O)C(O)C1O)C(O)/C=C/CC/C=C/CC/C=C/CCCCCCCC.